The first-order chi connectivity index (χ1) is 11.4. The lowest BCUT2D eigenvalue weighted by molar-refractivity contribution is -0.157. The van der Waals surface area contributed by atoms with Gasteiger partial charge in [0.25, 0.3) is 0 Å². The molecule has 0 bridgehead atoms. The summed E-state index contributed by atoms with van der Waals surface area (Å²) in [5, 5.41) is 0. The topological polar surface area (TPSA) is 74.7 Å². The van der Waals surface area contributed by atoms with Gasteiger partial charge in [0.2, 0.25) is 5.88 Å². The quantitative estimate of drug-likeness (QED) is 0.597. The van der Waals surface area contributed by atoms with Crippen molar-refractivity contribution in [3.05, 3.63) is 48.2 Å². The number of carbonyl (C=O) groups is 2. The SMILES string of the molecule is CC(C)(C)OC(=O)COc1cccc(Oc2ccc(C=O)cn2)c1. The molecule has 0 unspecified atom stereocenters. The van der Waals surface area contributed by atoms with Gasteiger partial charge in [-0.15, -0.1) is 0 Å². The molecule has 0 N–H and O–H groups in total. The van der Waals surface area contributed by atoms with Crippen molar-refractivity contribution in [2.24, 2.45) is 0 Å². The third kappa shape index (κ3) is 5.72. The van der Waals surface area contributed by atoms with Crippen LogP contribution in [0.2, 0.25) is 0 Å². The molecule has 0 aliphatic carbocycles. The number of hydrogen-bond acceptors (Lipinski definition) is 6. The van der Waals surface area contributed by atoms with Crippen molar-refractivity contribution in [3.63, 3.8) is 0 Å². The fourth-order valence-corrected chi connectivity index (χ4v) is 1.78. The molecule has 6 nitrogen and oxygen atoms in total. The van der Waals surface area contributed by atoms with E-state index in [9.17, 15) is 9.59 Å². The number of aldehydes is 1. The van der Waals surface area contributed by atoms with Gasteiger partial charge in [-0.1, -0.05) is 6.07 Å². The minimum atomic E-state index is -0.551. The first-order valence-corrected chi connectivity index (χ1v) is 7.39. The monoisotopic (exact) mass is 329 g/mol. The molecule has 0 spiro atoms. The van der Waals surface area contributed by atoms with Crippen LogP contribution in [0.1, 0.15) is 31.1 Å². The van der Waals surface area contributed by atoms with Crippen LogP contribution in [0.4, 0.5) is 0 Å². The second kappa shape index (κ2) is 7.59. The number of benzene rings is 1. The van der Waals surface area contributed by atoms with Crippen molar-refractivity contribution in [1.29, 1.82) is 0 Å². The molecule has 2 rings (SSSR count). The molecule has 24 heavy (non-hydrogen) atoms. The lowest BCUT2D eigenvalue weighted by Crippen LogP contribution is -2.27. The summed E-state index contributed by atoms with van der Waals surface area (Å²) in [6.07, 6.45) is 2.13. The summed E-state index contributed by atoms with van der Waals surface area (Å²) in [6.45, 7) is 5.19. The Bertz CT molecular complexity index is 704. The van der Waals surface area contributed by atoms with E-state index in [1.165, 1.54) is 6.20 Å². The van der Waals surface area contributed by atoms with Crippen molar-refractivity contribution in [2.75, 3.05) is 6.61 Å². The van der Waals surface area contributed by atoms with Crippen LogP contribution in [0.25, 0.3) is 0 Å². The zero-order valence-electron chi connectivity index (χ0n) is 13.8. The maximum atomic E-state index is 11.7. The van der Waals surface area contributed by atoms with E-state index >= 15 is 0 Å². The standard InChI is InChI=1S/C18H19NO5/c1-18(2,3)24-17(21)12-22-14-5-4-6-15(9-14)23-16-8-7-13(11-20)10-19-16/h4-11H,12H2,1-3H3. The summed E-state index contributed by atoms with van der Waals surface area (Å²) in [6, 6.07) is 10.0. The smallest absolute Gasteiger partial charge is 0.344 e. The van der Waals surface area contributed by atoms with Crippen molar-refractivity contribution in [3.8, 4) is 17.4 Å². The van der Waals surface area contributed by atoms with Crippen LogP contribution >= 0.6 is 0 Å². The number of ether oxygens (including phenoxy) is 3. The van der Waals surface area contributed by atoms with E-state index in [0.717, 1.165) is 0 Å². The predicted molar refractivity (Wildman–Crippen MR) is 87.5 cm³/mol. The molecule has 0 saturated carbocycles. The van der Waals surface area contributed by atoms with E-state index < -0.39 is 11.6 Å². The lowest BCUT2D eigenvalue weighted by Gasteiger charge is -2.19. The summed E-state index contributed by atoms with van der Waals surface area (Å²) in [7, 11) is 0. The molecular formula is C18H19NO5. The average molecular weight is 329 g/mol. The van der Waals surface area contributed by atoms with Gasteiger partial charge in [-0.25, -0.2) is 9.78 Å². The number of nitrogens with zero attached hydrogens (tertiary/aromatic N) is 1. The zero-order valence-corrected chi connectivity index (χ0v) is 13.8. The molecule has 6 heteroatoms. The van der Waals surface area contributed by atoms with Crippen LogP contribution < -0.4 is 9.47 Å². The number of hydrogen-bond donors (Lipinski definition) is 0. The van der Waals surface area contributed by atoms with Crippen LogP contribution in [0.15, 0.2) is 42.6 Å². The highest BCUT2D eigenvalue weighted by Crippen LogP contribution is 2.24. The molecule has 1 heterocycles. The summed E-state index contributed by atoms with van der Waals surface area (Å²) in [4.78, 5) is 26.3. The minimum Gasteiger partial charge on any atom is -0.482 e. The Labute approximate surface area is 140 Å². The highest BCUT2D eigenvalue weighted by atomic mass is 16.6. The molecule has 0 atom stereocenters. The summed E-state index contributed by atoms with van der Waals surface area (Å²) in [5.74, 6) is 0.885. The molecule has 2 aromatic rings. The number of aromatic nitrogens is 1. The predicted octanol–water partition coefficient (Wildman–Crippen LogP) is 3.41. The van der Waals surface area contributed by atoms with E-state index in [2.05, 4.69) is 4.98 Å². The molecule has 0 aliphatic heterocycles. The second-order valence-electron chi connectivity index (χ2n) is 6.00. The number of carbonyl (C=O) groups excluding carboxylic acids is 2. The Morgan fingerprint density at radius 3 is 2.54 bits per heavy atom. The van der Waals surface area contributed by atoms with Gasteiger partial charge in [-0.05, 0) is 39.0 Å². The van der Waals surface area contributed by atoms with Gasteiger partial charge in [0, 0.05) is 23.9 Å². The number of rotatable bonds is 6. The van der Waals surface area contributed by atoms with E-state index in [-0.39, 0.29) is 6.61 Å². The first-order valence-electron chi connectivity index (χ1n) is 7.39. The van der Waals surface area contributed by atoms with E-state index in [1.807, 2.05) is 0 Å². The third-order valence-electron chi connectivity index (χ3n) is 2.70. The Morgan fingerprint density at radius 1 is 1.17 bits per heavy atom. The van der Waals surface area contributed by atoms with Crippen molar-refractivity contribution in [1.82, 2.24) is 4.98 Å². The van der Waals surface area contributed by atoms with Crippen LogP contribution in [0, 0.1) is 0 Å². The van der Waals surface area contributed by atoms with Gasteiger partial charge in [0.05, 0.1) is 0 Å². The van der Waals surface area contributed by atoms with Gasteiger partial charge in [0.1, 0.15) is 17.1 Å². The zero-order chi connectivity index (χ0) is 17.6. The third-order valence-corrected chi connectivity index (χ3v) is 2.70. The summed E-state index contributed by atoms with van der Waals surface area (Å²) < 4.78 is 16.2. The van der Waals surface area contributed by atoms with Gasteiger partial charge in [-0.3, -0.25) is 4.79 Å². The van der Waals surface area contributed by atoms with Crippen LogP contribution in [0.5, 0.6) is 17.4 Å². The van der Waals surface area contributed by atoms with Gasteiger partial charge >= 0.3 is 5.97 Å². The van der Waals surface area contributed by atoms with E-state index in [1.54, 1.807) is 57.2 Å². The van der Waals surface area contributed by atoms with Crippen LogP contribution in [0.3, 0.4) is 0 Å². The lowest BCUT2D eigenvalue weighted by atomic mass is 10.2. The molecule has 0 saturated heterocycles. The molecular weight excluding hydrogens is 310 g/mol. The largest absolute Gasteiger partial charge is 0.482 e. The Balaban J connectivity index is 1.95. The number of pyridine rings is 1. The molecule has 0 fully saturated rings. The van der Waals surface area contributed by atoms with Crippen LogP contribution in [-0.2, 0) is 9.53 Å². The molecule has 1 aromatic carbocycles. The van der Waals surface area contributed by atoms with Gasteiger partial charge in [-0.2, -0.15) is 0 Å². The molecule has 126 valence electrons. The first kappa shape index (κ1) is 17.5. The van der Waals surface area contributed by atoms with Crippen molar-refractivity contribution in [2.45, 2.75) is 26.4 Å². The van der Waals surface area contributed by atoms with E-state index in [4.69, 9.17) is 14.2 Å². The molecule has 0 amide bonds. The van der Waals surface area contributed by atoms with Crippen molar-refractivity contribution < 1.29 is 23.8 Å². The highest BCUT2D eigenvalue weighted by Gasteiger charge is 2.16. The van der Waals surface area contributed by atoms with Crippen LogP contribution in [-0.4, -0.2) is 29.4 Å². The fraction of sp³-hybridized carbons (Fsp3) is 0.278. The Kier molecular flexibility index (Phi) is 5.52. The Hall–Kier alpha value is -2.89. The molecule has 0 aliphatic rings. The van der Waals surface area contributed by atoms with E-state index in [0.29, 0.717) is 29.2 Å². The molecule has 0 radical (unpaired) electrons. The Morgan fingerprint density at radius 2 is 1.92 bits per heavy atom. The van der Waals surface area contributed by atoms with Gasteiger partial charge in [0.15, 0.2) is 12.9 Å². The summed E-state index contributed by atoms with van der Waals surface area (Å²) in [5.41, 5.74) is -0.0816. The maximum absolute atomic E-state index is 11.7. The molecule has 1 aromatic heterocycles. The number of esters is 1. The van der Waals surface area contributed by atoms with Crippen molar-refractivity contribution >= 4 is 12.3 Å². The maximum Gasteiger partial charge on any atom is 0.344 e. The fourth-order valence-electron chi connectivity index (χ4n) is 1.78. The minimum absolute atomic E-state index is 0.187. The highest BCUT2D eigenvalue weighted by molar-refractivity contribution is 5.74. The summed E-state index contributed by atoms with van der Waals surface area (Å²) >= 11 is 0. The van der Waals surface area contributed by atoms with Gasteiger partial charge < -0.3 is 14.2 Å². The second-order valence-corrected chi connectivity index (χ2v) is 6.00. The average Bonchev–Trinajstić information content (AvgIpc) is 2.52. The normalized spacial score (nSPS) is 10.8.